The molecule has 1 fully saturated rings. The Morgan fingerprint density at radius 3 is 2.45 bits per heavy atom. The summed E-state index contributed by atoms with van der Waals surface area (Å²) in [7, 11) is 0. The molecule has 1 saturated heterocycles. The summed E-state index contributed by atoms with van der Waals surface area (Å²) < 4.78 is 0. The zero-order valence-corrected chi connectivity index (χ0v) is 13.3. The van der Waals surface area contributed by atoms with Crippen LogP contribution in [0.4, 0.5) is 0 Å². The Morgan fingerprint density at radius 1 is 1.35 bits per heavy atom. The van der Waals surface area contributed by atoms with Crippen LogP contribution in [0.1, 0.15) is 47.5 Å². The lowest BCUT2D eigenvalue weighted by Crippen LogP contribution is -2.51. The summed E-state index contributed by atoms with van der Waals surface area (Å²) in [6.07, 6.45) is 1.56. The first kappa shape index (κ1) is 17.0. The van der Waals surface area contributed by atoms with Crippen LogP contribution in [0.3, 0.4) is 0 Å². The van der Waals surface area contributed by atoms with Crippen LogP contribution in [-0.4, -0.2) is 46.6 Å². The van der Waals surface area contributed by atoms with Crippen molar-refractivity contribution < 1.29 is 14.7 Å². The van der Waals surface area contributed by atoms with Gasteiger partial charge in [-0.15, -0.1) is 0 Å². The lowest BCUT2D eigenvalue weighted by atomic mass is 9.92. The number of nitrogens with zero attached hydrogens (tertiary/aromatic N) is 1. The number of nitrogens with one attached hydrogen (secondary N) is 1. The molecule has 2 unspecified atom stereocenters. The van der Waals surface area contributed by atoms with Crippen molar-refractivity contribution in [1.29, 1.82) is 0 Å². The highest BCUT2D eigenvalue weighted by molar-refractivity contribution is 5.88. The predicted octanol–water partition coefficient (Wildman–Crippen LogP) is 1.16. The van der Waals surface area contributed by atoms with Crippen LogP contribution < -0.4 is 5.32 Å². The van der Waals surface area contributed by atoms with Gasteiger partial charge in [0.15, 0.2) is 0 Å². The third kappa shape index (κ3) is 3.95. The second kappa shape index (κ2) is 6.57. The van der Waals surface area contributed by atoms with E-state index in [1.807, 2.05) is 27.7 Å². The van der Waals surface area contributed by atoms with E-state index in [1.54, 1.807) is 11.8 Å². The summed E-state index contributed by atoms with van der Waals surface area (Å²) in [5.74, 6) is -0.169. The van der Waals surface area contributed by atoms with E-state index >= 15 is 0 Å². The van der Waals surface area contributed by atoms with Crippen molar-refractivity contribution in [2.24, 2.45) is 11.8 Å². The SMILES string of the molecule is CC(C)C(=O)N1CCCC1C(=O)NCC(C)(O)C(C)C. The van der Waals surface area contributed by atoms with Gasteiger partial charge < -0.3 is 15.3 Å². The minimum absolute atomic E-state index is 0.0262. The van der Waals surface area contributed by atoms with Gasteiger partial charge in [0.25, 0.3) is 0 Å². The minimum atomic E-state index is -0.929. The molecule has 1 rings (SSSR count). The molecule has 2 amide bonds. The van der Waals surface area contributed by atoms with Crippen LogP contribution in [0.25, 0.3) is 0 Å². The quantitative estimate of drug-likeness (QED) is 0.796. The van der Waals surface area contributed by atoms with E-state index in [4.69, 9.17) is 0 Å². The fourth-order valence-electron chi connectivity index (χ4n) is 2.22. The standard InChI is InChI=1S/C15H28N2O3/c1-10(2)14(19)17-8-6-7-12(17)13(18)16-9-15(5,20)11(3)4/h10-12,20H,6-9H2,1-5H3,(H,16,18). The van der Waals surface area contributed by atoms with Gasteiger partial charge in [-0.3, -0.25) is 9.59 Å². The zero-order valence-electron chi connectivity index (χ0n) is 13.3. The molecular weight excluding hydrogens is 256 g/mol. The minimum Gasteiger partial charge on any atom is -0.388 e. The molecular formula is C15H28N2O3. The molecule has 1 aliphatic heterocycles. The third-order valence-electron chi connectivity index (χ3n) is 4.20. The van der Waals surface area contributed by atoms with E-state index in [0.29, 0.717) is 13.0 Å². The van der Waals surface area contributed by atoms with Crippen molar-refractivity contribution in [3.8, 4) is 0 Å². The normalized spacial score (nSPS) is 22.2. The lowest BCUT2D eigenvalue weighted by molar-refractivity contribution is -0.141. The molecule has 5 nitrogen and oxygen atoms in total. The first-order valence-corrected chi connectivity index (χ1v) is 7.47. The van der Waals surface area contributed by atoms with E-state index < -0.39 is 5.60 Å². The highest BCUT2D eigenvalue weighted by Gasteiger charge is 2.35. The van der Waals surface area contributed by atoms with E-state index in [9.17, 15) is 14.7 Å². The summed E-state index contributed by atoms with van der Waals surface area (Å²) >= 11 is 0. The second-order valence-electron chi connectivity index (χ2n) is 6.57. The average Bonchev–Trinajstić information content (AvgIpc) is 2.83. The maximum atomic E-state index is 12.2. The molecule has 0 aliphatic carbocycles. The van der Waals surface area contributed by atoms with Crippen molar-refractivity contribution in [2.45, 2.75) is 59.1 Å². The smallest absolute Gasteiger partial charge is 0.242 e. The first-order chi connectivity index (χ1) is 9.16. The number of likely N-dealkylation sites (tertiary alicyclic amines) is 1. The van der Waals surface area contributed by atoms with Crippen molar-refractivity contribution in [3.05, 3.63) is 0 Å². The molecule has 1 heterocycles. The molecule has 0 radical (unpaired) electrons. The summed E-state index contributed by atoms with van der Waals surface area (Å²) in [6.45, 7) is 10.1. The van der Waals surface area contributed by atoms with Crippen LogP contribution in [0, 0.1) is 11.8 Å². The molecule has 20 heavy (non-hydrogen) atoms. The first-order valence-electron chi connectivity index (χ1n) is 7.47. The molecule has 0 bridgehead atoms. The highest BCUT2D eigenvalue weighted by Crippen LogP contribution is 2.20. The van der Waals surface area contributed by atoms with Crippen molar-refractivity contribution >= 4 is 11.8 Å². The van der Waals surface area contributed by atoms with Crippen LogP contribution in [0.5, 0.6) is 0 Å². The van der Waals surface area contributed by atoms with Gasteiger partial charge in [-0.25, -0.2) is 0 Å². The Hall–Kier alpha value is -1.10. The number of aliphatic hydroxyl groups is 1. The van der Waals surface area contributed by atoms with E-state index in [1.165, 1.54) is 0 Å². The maximum absolute atomic E-state index is 12.2. The molecule has 5 heteroatoms. The van der Waals surface area contributed by atoms with Crippen molar-refractivity contribution in [3.63, 3.8) is 0 Å². The Morgan fingerprint density at radius 2 is 1.95 bits per heavy atom. The molecule has 1 aliphatic rings. The van der Waals surface area contributed by atoms with E-state index in [-0.39, 0.29) is 36.2 Å². The molecule has 0 aromatic rings. The fraction of sp³-hybridized carbons (Fsp3) is 0.867. The lowest BCUT2D eigenvalue weighted by Gasteiger charge is -2.30. The summed E-state index contributed by atoms with van der Waals surface area (Å²) in [5.41, 5.74) is -0.929. The third-order valence-corrected chi connectivity index (χ3v) is 4.20. The van der Waals surface area contributed by atoms with Crippen LogP contribution in [-0.2, 0) is 9.59 Å². The molecule has 0 aromatic carbocycles. The van der Waals surface area contributed by atoms with Gasteiger partial charge in [0.1, 0.15) is 6.04 Å². The second-order valence-corrected chi connectivity index (χ2v) is 6.57. The monoisotopic (exact) mass is 284 g/mol. The number of hydrogen-bond acceptors (Lipinski definition) is 3. The number of hydrogen-bond donors (Lipinski definition) is 2. The van der Waals surface area contributed by atoms with E-state index in [0.717, 1.165) is 6.42 Å². The average molecular weight is 284 g/mol. The molecule has 0 spiro atoms. The van der Waals surface area contributed by atoms with Crippen LogP contribution in [0.2, 0.25) is 0 Å². The summed E-state index contributed by atoms with van der Waals surface area (Å²) in [4.78, 5) is 26.0. The molecule has 2 atom stereocenters. The van der Waals surface area contributed by atoms with Gasteiger partial charge >= 0.3 is 0 Å². The van der Waals surface area contributed by atoms with Crippen molar-refractivity contribution in [2.75, 3.05) is 13.1 Å². The van der Waals surface area contributed by atoms with Gasteiger partial charge in [0.2, 0.25) is 11.8 Å². The number of carbonyl (C=O) groups excluding carboxylic acids is 2. The van der Waals surface area contributed by atoms with Gasteiger partial charge in [-0.05, 0) is 25.7 Å². The van der Waals surface area contributed by atoms with Crippen molar-refractivity contribution in [1.82, 2.24) is 10.2 Å². The number of amides is 2. The van der Waals surface area contributed by atoms with Gasteiger partial charge in [-0.1, -0.05) is 27.7 Å². The fourth-order valence-corrected chi connectivity index (χ4v) is 2.22. The Balaban J connectivity index is 2.61. The number of carbonyl (C=O) groups is 2. The zero-order chi connectivity index (χ0) is 15.5. The highest BCUT2D eigenvalue weighted by atomic mass is 16.3. The Kier molecular flexibility index (Phi) is 5.57. The summed E-state index contributed by atoms with van der Waals surface area (Å²) in [5, 5.41) is 12.9. The Labute approximate surface area is 121 Å². The summed E-state index contributed by atoms with van der Waals surface area (Å²) in [6, 6.07) is -0.382. The van der Waals surface area contributed by atoms with E-state index in [2.05, 4.69) is 5.32 Å². The van der Waals surface area contributed by atoms with Gasteiger partial charge in [-0.2, -0.15) is 0 Å². The predicted molar refractivity (Wildman–Crippen MR) is 78.0 cm³/mol. The van der Waals surface area contributed by atoms with Crippen LogP contribution >= 0.6 is 0 Å². The molecule has 2 N–H and O–H groups in total. The maximum Gasteiger partial charge on any atom is 0.242 e. The van der Waals surface area contributed by atoms with Crippen LogP contribution in [0.15, 0.2) is 0 Å². The van der Waals surface area contributed by atoms with Gasteiger partial charge in [0.05, 0.1) is 5.60 Å². The van der Waals surface area contributed by atoms with Gasteiger partial charge in [0, 0.05) is 19.0 Å². The Bertz CT molecular complexity index is 364. The largest absolute Gasteiger partial charge is 0.388 e. The molecule has 116 valence electrons. The molecule has 0 aromatic heterocycles. The molecule has 0 saturated carbocycles. The topological polar surface area (TPSA) is 69.6 Å². The number of rotatable bonds is 5.